The second-order valence-corrected chi connectivity index (χ2v) is 8.59. The Morgan fingerprint density at radius 1 is 1.43 bits per heavy atom. The van der Waals surface area contributed by atoms with Crippen molar-refractivity contribution in [2.75, 3.05) is 6.61 Å². The molecule has 0 N–H and O–H groups in total. The molecule has 116 valence electrons. The smallest absolute Gasteiger partial charge is 0.338 e. The fourth-order valence-corrected chi connectivity index (χ4v) is 4.37. The summed E-state index contributed by atoms with van der Waals surface area (Å²) < 4.78 is 28.6. The lowest BCUT2D eigenvalue weighted by Crippen LogP contribution is -2.15. The van der Waals surface area contributed by atoms with E-state index in [4.69, 9.17) is 15.4 Å². The van der Waals surface area contributed by atoms with Gasteiger partial charge < -0.3 is 4.74 Å². The maximum Gasteiger partial charge on any atom is 0.338 e. The number of carbonyl (C=O) groups is 1. The van der Waals surface area contributed by atoms with Crippen LogP contribution in [0.15, 0.2) is 21.5 Å². The number of esters is 1. The zero-order valence-electron chi connectivity index (χ0n) is 11.6. The number of hydrogen-bond acceptors (Lipinski definition) is 4. The average molecular weight is 396 g/mol. The summed E-state index contributed by atoms with van der Waals surface area (Å²) in [5.74, 6) is 0.134. The number of carbonyl (C=O) groups excluding carboxylic acids is 1. The number of benzene rings is 1. The van der Waals surface area contributed by atoms with Crippen LogP contribution in [0.1, 0.15) is 41.6 Å². The molecule has 0 atom stereocenters. The number of aryl methyl sites for hydroxylation is 1. The molecule has 0 unspecified atom stereocenters. The molecular formula is C14H16BrClO4S. The normalized spacial score (nSPS) is 15.6. The molecule has 0 aliphatic heterocycles. The van der Waals surface area contributed by atoms with Crippen LogP contribution >= 0.6 is 26.6 Å². The lowest BCUT2D eigenvalue weighted by molar-refractivity contribution is 0.0464. The molecule has 0 radical (unpaired) electrons. The molecule has 1 aliphatic carbocycles. The fraction of sp³-hybridized carbons (Fsp3) is 0.500. The Labute approximate surface area is 137 Å². The third kappa shape index (κ3) is 4.20. The maximum atomic E-state index is 12.0. The first-order valence-corrected chi connectivity index (χ1v) is 9.81. The SMILES string of the molecule is Cc1cc(C(=O)OCCC2CCC2)cc(S(=O)(=O)Cl)c1Br. The highest BCUT2D eigenvalue weighted by molar-refractivity contribution is 9.10. The van der Waals surface area contributed by atoms with E-state index < -0.39 is 15.0 Å². The van der Waals surface area contributed by atoms with Crippen LogP contribution in [0.3, 0.4) is 0 Å². The lowest BCUT2D eigenvalue weighted by Gasteiger charge is -2.24. The van der Waals surface area contributed by atoms with Crippen molar-refractivity contribution in [1.29, 1.82) is 0 Å². The molecule has 21 heavy (non-hydrogen) atoms. The molecule has 0 heterocycles. The molecule has 0 saturated heterocycles. The molecule has 0 spiro atoms. The topological polar surface area (TPSA) is 60.4 Å². The van der Waals surface area contributed by atoms with E-state index in [1.165, 1.54) is 25.3 Å². The molecule has 0 bridgehead atoms. The summed E-state index contributed by atoms with van der Waals surface area (Å²) in [6, 6.07) is 2.83. The first kappa shape index (κ1) is 16.8. The van der Waals surface area contributed by atoms with Crippen LogP contribution in [0, 0.1) is 12.8 Å². The highest BCUT2D eigenvalue weighted by Crippen LogP contribution is 2.31. The van der Waals surface area contributed by atoms with Crippen LogP contribution in [0.25, 0.3) is 0 Å². The predicted octanol–water partition coefficient (Wildman–Crippen LogP) is 4.03. The predicted molar refractivity (Wildman–Crippen MR) is 84.2 cm³/mol. The van der Waals surface area contributed by atoms with E-state index in [9.17, 15) is 13.2 Å². The Hall–Kier alpha value is -0.590. The zero-order valence-corrected chi connectivity index (χ0v) is 14.7. The highest BCUT2D eigenvalue weighted by Gasteiger charge is 2.21. The monoisotopic (exact) mass is 394 g/mol. The van der Waals surface area contributed by atoms with E-state index in [0.717, 1.165) is 6.42 Å². The van der Waals surface area contributed by atoms with Crippen LogP contribution in [-0.4, -0.2) is 21.0 Å². The molecule has 0 aromatic heterocycles. The maximum absolute atomic E-state index is 12.0. The summed E-state index contributed by atoms with van der Waals surface area (Å²) in [4.78, 5) is 11.9. The van der Waals surface area contributed by atoms with Gasteiger partial charge in [-0.3, -0.25) is 0 Å². The van der Waals surface area contributed by atoms with Gasteiger partial charge in [0.1, 0.15) is 0 Å². The van der Waals surface area contributed by atoms with Crippen molar-refractivity contribution in [3.8, 4) is 0 Å². The van der Waals surface area contributed by atoms with Gasteiger partial charge in [-0.2, -0.15) is 0 Å². The molecule has 7 heteroatoms. The van der Waals surface area contributed by atoms with Gasteiger partial charge in [0.25, 0.3) is 9.05 Å². The Balaban J connectivity index is 2.11. The van der Waals surface area contributed by atoms with Crippen molar-refractivity contribution in [1.82, 2.24) is 0 Å². The van der Waals surface area contributed by atoms with Gasteiger partial charge in [-0.25, -0.2) is 13.2 Å². The molecule has 1 fully saturated rings. The molecule has 1 aromatic carbocycles. The molecule has 0 amide bonds. The van der Waals surface area contributed by atoms with Gasteiger partial charge in [-0.15, -0.1) is 0 Å². The second kappa shape index (κ2) is 6.67. The van der Waals surface area contributed by atoms with Crippen molar-refractivity contribution in [2.45, 2.75) is 37.5 Å². The average Bonchev–Trinajstić information content (AvgIpc) is 2.33. The van der Waals surface area contributed by atoms with Crippen molar-refractivity contribution in [3.05, 3.63) is 27.7 Å². The van der Waals surface area contributed by atoms with E-state index in [1.807, 2.05) is 0 Å². The lowest BCUT2D eigenvalue weighted by atomic mass is 9.83. The summed E-state index contributed by atoms with van der Waals surface area (Å²) in [5.41, 5.74) is 0.811. The third-order valence-corrected chi connectivity index (χ3v) is 6.36. The van der Waals surface area contributed by atoms with Crippen LogP contribution in [-0.2, 0) is 13.8 Å². The number of halogens is 2. The standard InChI is InChI=1S/C14H16BrClO4S/c1-9-7-11(8-12(13(9)15)21(16,18)19)14(17)20-6-5-10-3-2-4-10/h7-8,10H,2-6H2,1H3. The van der Waals surface area contributed by atoms with Gasteiger partial charge in [0, 0.05) is 15.2 Å². The van der Waals surface area contributed by atoms with Crippen LogP contribution in [0.4, 0.5) is 0 Å². The second-order valence-electron chi connectivity index (χ2n) is 5.26. The van der Waals surface area contributed by atoms with Crippen LogP contribution < -0.4 is 0 Å². The van der Waals surface area contributed by atoms with Gasteiger partial charge in [0.05, 0.1) is 17.1 Å². The Morgan fingerprint density at radius 3 is 2.62 bits per heavy atom. The molecular weight excluding hydrogens is 380 g/mol. The highest BCUT2D eigenvalue weighted by atomic mass is 79.9. The minimum Gasteiger partial charge on any atom is -0.462 e. The molecule has 1 aromatic rings. The first-order chi connectivity index (χ1) is 9.79. The summed E-state index contributed by atoms with van der Waals surface area (Å²) in [6.07, 6.45) is 4.51. The van der Waals surface area contributed by atoms with Crippen molar-refractivity contribution in [2.24, 2.45) is 5.92 Å². The summed E-state index contributed by atoms with van der Waals surface area (Å²) in [5, 5.41) is 0. The van der Waals surface area contributed by atoms with Gasteiger partial charge in [0.2, 0.25) is 0 Å². The number of rotatable bonds is 5. The van der Waals surface area contributed by atoms with Crippen molar-refractivity contribution < 1.29 is 17.9 Å². The molecule has 1 saturated carbocycles. The fourth-order valence-electron chi connectivity index (χ4n) is 2.22. The summed E-state index contributed by atoms with van der Waals surface area (Å²) in [6.45, 7) is 2.06. The quantitative estimate of drug-likeness (QED) is 0.558. The van der Waals surface area contributed by atoms with Gasteiger partial charge in [-0.05, 0) is 52.9 Å². The molecule has 1 aliphatic rings. The van der Waals surface area contributed by atoms with Gasteiger partial charge >= 0.3 is 5.97 Å². The van der Waals surface area contributed by atoms with Crippen molar-refractivity contribution >= 4 is 41.6 Å². The third-order valence-electron chi connectivity index (χ3n) is 3.70. The zero-order chi connectivity index (χ0) is 15.6. The van der Waals surface area contributed by atoms with E-state index in [1.54, 1.807) is 13.0 Å². The Bertz CT molecular complexity index is 653. The van der Waals surface area contributed by atoms with Crippen molar-refractivity contribution in [3.63, 3.8) is 0 Å². The van der Waals surface area contributed by atoms with E-state index in [-0.39, 0.29) is 10.5 Å². The largest absolute Gasteiger partial charge is 0.462 e. The summed E-state index contributed by atoms with van der Waals surface area (Å²) in [7, 11) is 1.45. The van der Waals surface area contributed by atoms with Gasteiger partial charge in [-0.1, -0.05) is 19.3 Å². The minimum absolute atomic E-state index is 0.116. The summed E-state index contributed by atoms with van der Waals surface area (Å²) >= 11 is 3.17. The van der Waals surface area contributed by atoms with Gasteiger partial charge in [0.15, 0.2) is 0 Å². The van der Waals surface area contributed by atoms with E-state index in [2.05, 4.69) is 15.9 Å². The molecule has 4 nitrogen and oxygen atoms in total. The van der Waals surface area contributed by atoms with E-state index >= 15 is 0 Å². The Morgan fingerprint density at radius 2 is 2.10 bits per heavy atom. The Kier molecular flexibility index (Phi) is 5.33. The van der Waals surface area contributed by atoms with Crippen LogP contribution in [0.5, 0.6) is 0 Å². The number of hydrogen-bond donors (Lipinski definition) is 0. The first-order valence-electron chi connectivity index (χ1n) is 6.71. The minimum atomic E-state index is -3.92. The van der Waals surface area contributed by atoms with Crippen LogP contribution in [0.2, 0.25) is 0 Å². The van der Waals surface area contributed by atoms with E-state index in [0.29, 0.717) is 22.6 Å². The molecule has 2 rings (SSSR count). The number of ether oxygens (including phenoxy) is 1.